The molecule has 0 atom stereocenters. The molecule has 4 heteroatoms. The molecule has 3 aromatic carbocycles. The summed E-state index contributed by atoms with van der Waals surface area (Å²) in [6.07, 6.45) is -0.00329. The first kappa shape index (κ1) is 17.4. The predicted octanol–water partition coefficient (Wildman–Crippen LogP) is 5.47. The van der Waals surface area contributed by atoms with Gasteiger partial charge in [0, 0.05) is 32.9 Å². The summed E-state index contributed by atoms with van der Waals surface area (Å²) in [6.45, 7) is 0.652. The molecule has 0 unspecified atom stereocenters. The van der Waals surface area contributed by atoms with Gasteiger partial charge < -0.3 is 9.67 Å². The first-order chi connectivity index (χ1) is 13.2. The molecule has 134 valence electrons. The van der Waals surface area contributed by atoms with Crippen molar-refractivity contribution in [2.45, 2.75) is 22.8 Å². The van der Waals surface area contributed by atoms with Crippen LogP contribution in [0, 0.1) is 0 Å². The van der Waals surface area contributed by atoms with E-state index in [4.69, 9.17) is 0 Å². The van der Waals surface area contributed by atoms with Crippen LogP contribution in [0.5, 0.6) is 0 Å². The van der Waals surface area contributed by atoms with Gasteiger partial charge in [0.05, 0.1) is 6.42 Å². The number of nitrogens with zero attached hydrogens (tertiary/aromatic N) is 1. The minimum Gasteiger partial charge on any atom is -0.481 e. The van der Waals surface area contributed by atoms with E-state index in [2.05, 4.69) is 41.0 Å². The highest BCUT2D eigenvalue weighted by Crippen LogP contribution is 2.39. The normalized spacial score (nSPS) is 11.0. The van der Waals surface area contributed by atoms with Crippen LogP contribution < -0.4 is 0 Å². The van der Waals surface area contributed by atoms with E-state index in [1.54, 1.807) is 11.8 Å². The zero-order valence-corrected chi connectivity index (χ0v) is 15.5. The van der Waals surface area contributed by atoms with Crippen LogP contribution in [-0.2, 0) is 17.8 Å². The van der Waals surface area contributed by atoms with Crippen molar-refractivity contribution >= 4 is 28.6 Å². The monoisotopic (exact) mass is 373 g/mol. The van der Waals surface area contributed by atoms with Crippen LogP contribution in [-0.4, -0.2) is 15.6 Å². The van der Waals surface area contributed by atoms with Crippen LogP contribution in [0.2, 0.25) is 0 Å². The Labute approximate surface area is 162 Å². The third kappa shape index (κ3) is 3.76. The van der Waals surface area contributed by atoms with Crippen molar-refractivity contribution in [1.82, 2.24) is 4.57 Å². The van der Waals surface area contributed by atoms with Gasteiger partial charge in [0.2, 0.25) is 0 Å². The van der Waals surface area contributed by atoms with Crippen LogP contribution >= 0.6 is 11.8 Å². The molecule has 0 amide bonds. The summed E-state index contributed by atoms with van der Waals surface area (Å²) in [5, 5.41) is 10.6. The standard InChI is InChI=1S/C23H19NO2S/c25-22(26)15-21-23(27-18-11-5-2-6-12-18)19-13-7-8-14-20(19)24(21)16-17-9-3-1-4-10-17/h1-14H,15-16H2,(H,25,26). The molecule has 4 rings (SSSR count). The maximum absolute atomic E-state index is 11.6. The fraction of sp³-hybridized carbons (Fsp3) is 0.0870. The molecule has 3 nitrogen and oxygen atoms in total. The molecular formula is C23H19NO2S. The number of rotatable bonds is 6. The molecule has 0 spiro atoms. The quantitative estimate of drug-likeness (QED) is 0.487. The SMILES string of the molecule is O=C(O)Cc1c(Sc2ccccc2)c2ccccc2n1Cc1ccccc1. The van der Waals surface area contributed by atoms with Crippen molar-refractivity contribution in [3.05, 3.63) is 96.2 Å². The first-order valence-corrected chi connectivity index (χ1v) is 9.63. The van der Waals surface area contributed by atoms with Crippen LogP contribution in [0.15, 0.2) is 94.7 Å². The molecule has 1 N–H and O–H groups in total. The van der Waals surface area contributed by atoms with Gasteiger partial charge in [-0.15, -0.1) is 0 Å². The van der Waals surface area contributed by atoms with Crippen LogP contribution in [0.3, 0.4) is 0 Å². The minimum atomic E-state index is -0.818. The van der Waals surface area contributed by atoms with E-state index in [9.17, 15) is 9.90 Å². The van der Waals surface area contributed by atoms with E-state index in [-0.39, 0.29) is 6.42 Å². The number of hydrogen-bond donors (Lipinski definition) is 1. The zero-order valence-electron chi connectivity index (χ0n) is 14.7. The van der Waals surface area contributed by atoms with E-state index < -0.39 is 5.97 Å². The molecule has 0 fully saturated rings. The number of carboxylic acids is 1. The van der Waals surface area contributed by atoms with Crippen molar-refractivity contribution < 1.29 is 9.90 Å². The second-order valence-electron chi connectivity index (χ2n) is 6.35. The lowest BCUT2D eigenvalue weighted by Crippen LogP contribution is -2.10. The molecule has 4 aromatic rings. The summed E-state index contributed by atoms with van der Waals surface area (Å²) in [4.78, 5) is 13.8. The van der Waals surface area contributed by atoms with Gasteiger partial charge in [-0.2, -0.15) is 0 Å². The smallest absolute Gasteiger partial charge is 0.309 e. The van der Waals surface area contributed by atoms with Gasteiger partial charge in [0.1, 0.15) is 0 Å². The number of aromatic nitrogens is 1. The number of hydrogen-bond acceptors (Lipinski definition) is 2. The van der Waals surface area contributed by atoms with Crippen LogP contribution in [0.1, 0.15) is 11.3 Å². The van der Waals surface area contributed by atoms with Gasteiger partial charge in [-0.05, 0) is 23.8 Å². The lowest BCUT2D eigenvalue weighted by Gasteiger charge is -2.11. The van der Waals surface area contributed by atoms with E-state index in [0.717, 1.165) is 32.0 Å². The lowest BCUT2D eigenvalue weighted by molar-refractivity contribution is -0.136. The van der Waals surface area contributed by atoms with Crippen molar-refractivity contribution in [2.24, 2.45) is 0 Å². The molecule has 1 aromatic heterocycles. The molecular weight excluding hydrogens is 354 g/mol. The molecule has 0 saturated carbocycles. The predicted molar refractivity (Wildman–Crippen MR) is 109 cm³/mol. The molecule has 0 saturated heterocycles. The first-order valence-electron chi connectivity index (χ1n) is 8.81. The van der Waals surface area contributed by atoms with Gasteiger partial charge in [-0.25, -0.2) is 0 Å². The second kappa shape index (κ2) is 7.72. The van der Waals surface area contributed by atoms with Crippen molar-refractivity contribution in [2.75, 3.05) is 0 Å². The van der Waals surface area contributed by atoms with Crippen molar-refractivity contribution in [3.8, 4) is 0 Å². The van der Waals surface area contributed by atoms with Crippen LogP contribution in [0.25, 0.3) is 10.9 Å². The maximum atomic E-state index is 11.6. The lowest BCUT2D eigenvalue weighted by atomic mass is 10.2. The Morgan fingerprint density at radius 2 is 1.48 bits per heavy atom. The Bertz CT molecular complexity index is 993. The Kier molecular flexibility index (Phi) is 4.99. The Hall–Kier alpha value is -2.98. The van der Waals surface area contributed by atoms with E-state index in [1.807, 2.05) is 48.5 Å². The topological polar surface area (TPSA) is 42.2 Å². The summed E-state index contributed by atoms with van der Waals surface area (Å²) in [7, 11) is 0. The average molecular weight is 373 g/mol. The number of carbonyl (C=O) groups is 1. The average Bonchev–Trinajstić information content (AvgIpc) is 2.96. The molecule has 0 aliphatic carbocycles. The summed E-state index contributed by atoms with van der Waals surface area (Å²) in [6, 6.07) is 28.4. The third-order valence-corrected chi connectivity index (χ3v) is 5.66. The number of benzene rings is 3. The number of aliphatic carboxylic acids is 1. The molecule has 0 radical (unpaired) electrons. The zero-order chi connectivity index (χ0) is 18.6. The van der Waals surface area contributed by atoms with Crippen molar-refractivity contribution in [3.63, 3.8) is 0 Å². The minimum absolute atomic E-state index is 0.00329. The summed E-state index contributed by atoms with van der Waals surface area (Å²) >= 11 is 1.63. The fourth-order valence-corrected chi connectivity index (χ4v) is 4.42. The van der Waals surface area contributed by atoms with Gasteiger partial charge >= 0.3 is 5.97 Å². The number of para-hydroxylation sites is 1. The highest BCUT2D eigenvalue weighted by Gasteiger charge is 2.20. The van der Waals surface area contributed by atoms with Gasteiger partial charge in [-0.1, -0.05) is 78.5 Å². The highest BCUT2D eigenvalue weighted by atomic mass is 32.2. The number of fused-ring (bicyclic) bond motifs is 1. The fourth-order valence-electron chi connectivity index (χ4n) is 3.31. The molecule has 27 heavy (non-hydrogen) atoms. The van der Waals surface area contributed by atoms with Crippen molar-refractivity contribution in [1.29, 1.82) is 0 Å². The van der Waals surface area contributed by atoms with E-state index >= 15 is 0 Å². The van der Waals surface area contributed by atoms with Crippen LogP contribution in [0.4, 0.5) is 0 Å². The third-order valence-electron chi connectivity index (χ3n) is 4.49. The summed E-state index contributed by atoms with van der Waals surface area (Å²) in [5.41, 5.74) is 3.07. The molecule has 0 aliphatic rings. The molecule has 0 aliphatic heterocycles. The second-order valence-corrected chi connectivity index (χ2v) is 7.43. The molecule has 1 heterocycles. The van der Waals surface area contributed by atoms with E-state index in [1.165, 1.54) is 0 Å². The highest BCUT2D eigenvalue weighted by molar-refractivity contribution is 7.99. The van der Waals surface area contributed by atoms with Gasteiger partial charge in [-0.3, -0.25) is 4.79 Å². The van der Waals surface area contributed by atoms with Gasteiger partial charge in [0.15, 0.2) is 0 Å². The summed E-state index contributed by atoms with van der Waals surface area (Å²) < 4.78 is 2.14. The maximum Gasteiger partial charge on any atom is 0.309 e. The largest absolute Gasteiger partial charge is 0.481 e. The Morgan fingerprint density at radius 1 is 0.852 bits per heavy atom. The number of carboxylic acid groups (broad SMARTS) is 1. The Morgan fingerprint density at radius 3 is 2.19 bits per heavy atom. The van der Waals surface area contributed by atoms with Gasteiger partial charge in [0.25, 0.3) is 0 Å². The molecule has 0 bridgehead atoms. The summed E-state index contributed by atoms with van der Waals surface area (Å²) in [5.74, 6) is -0.818. The Balaban J connectivity index is 1.88. The van der Waals surface area contributed by atoms with E-state index in [0.29, 0.717) is 6.54 Å².